The summed E-state index contributed by atoms with van der Waals surface area (Å²) >= 11 is 6.28. The fraction of sp³-hybridized carbons (Fsp3) is 0.357. The Bertz CT molecular complexity index is 600. The summed E-state index contributed by atoms with van der Waals surface area (Å²) in [5.41, 5.74) is 7.40. The number of halogens is 1. The van der Waals surface area contributed by atoms with Crippen LogP contribution in [0.2, 0.25) is 5.02 Å². The number of hydrogen-bond donors (Lipinski definition) is 1. The van der Waals surface area contributed by atoms with E-state index >= 15 is 0 Å². The molecule has 5 heteroatoms. The highest BCUT2D eigenvalue weighted by Gasteiger charge is 2.21. The van der Waals surface area contributed by atoms with E-state index in [9.17, 15) is 0 Å². The minimum Gasteiger partial charge on any atom is -0.494 e. The number of benzene rings is 1. The molecule has 0 unspecified atom stereocenters. The van der Waals surface area contributed by atoms with Crippen molar-refractivity contribution in [1.29, 1.82) is 0 Å². The summed E-state index contributed by atoms with van der Waals surface area (Å²) in [7, 11) is 1.57. The molecule has 1 aromatic heterocycles. The van der Waals surface area contributed by atoms with Crippen molar-refractivity contribution in [3.63, 3.8) is 0 Å². The summed E-state index contributed by atoms with van der Waals surface area (Å²) in [4.78, 5) is 0. The third-order valence-electron chi connectivity index (χ3n) is 2.91. The molecule has 0 saturated carbocycles. The number of ether oxygens (including phenoxy) is 1. The lowest BCUT2D eigenvalue weighted by Crippen LogP contribution is -2.11. The maximum Gasteiger partial charge on any atom is 0.172 e. The summed E-state index contributed by atoms with van der Waals surface area (Å²) < 4.78 is 10.5. The van der Waals surface area contributed by atoms with Crippen LogP contribution >= 0.6 is 11.6 Å². The summed E-state index contributed by atoms with van der Waals surface area (Å²) in [5.74, 6) is 1.43. The predicted octanol–water partition coefficient (Wildman–Crippen LogP) is 3.88. The van der Waals surface area contributed by atoms with E-state index in [1.54, 1.807) is 13.2 Å². The molecule has 0 fully saturated rings. The normalized spacial score (nSPS) is 11.6. The molecule has 19 heavy (non-hydrogen) atoms. The summed E-state index contributed by atoms with van der Waals surface area (Å²) in [6.07, 6.45) is 0. The minimum absolute atomic E-state index is 0.0315. The van der Waals surface area contributed by atoms with Gasteiger partial charge in [0.2, 0.25) is 0 Å². The van der Waals surface area contributed by atoms with Crippen LogP contribution in [-0.2, 0) is 5.41 Å². The first-order valence-electron chi connectivity index (χ1n) is 5.93. The van der Waals surface area contributed by atoms with Crippen molar-refractivity contribution < 1.29 is 9.26 Å². The molecule has 2 rings (SSSR count). The number of rotatable bonds is 2. The van der Waals surface area contributed by atoms with E-state index in [1.807, 2.05) is 12.1 Å². The number of nitrogens with two attached hydrogens (primary N) is 1. The second kappa shape index (κ2) is 4.78. The minimum atomic E-state index is -0.0315. The molecular weight excluding hydrogens is 264 g/mol. The Balaban J connectivity index is 2.66. The van der Waals surface area contributed by atoms with Crippen molar-refractivity contribution >= 4 is 17.4 Å². The van der Waals surface area contributed by atoms with Gasteiger partial charge in [-0.15, -0.1) is 0 Å². The second-order valence-electron chi connectivity index (χ2n) is 5.40. The van der Waals surface area contributed by atoms with Gasteiger partial charge in [-0.25, -0.2) is 0 Å². The average molecular weight is 281 g/mol. The van der Waals surface area contributed by atoms with Gasteiger partial charge in [-0.2, -0.15) is 0 Å². The number of anilines is 1. The van der Waals surface area contributed by atoms with Gasteiger partial charge in [0, 0.05) is 6.07 Å². The Morgan fingerprint density at radius 1 is 1.26 bits per heavy atom. The van der Waals surface area contributed by atoms with Gasteiger partial charge in [-0.05, 0) is 23.1 Å². The Morgan fingerprint density at radius 3 is 2.42 bits per heavy atom. The van der Waals surface area contributed by atoms with Gasteiger partial charge >= 0.3 is 0 Å². The van der Waals surface area contributed by atoms with Crippen LogP contribution in [0.4, 0.5) is 5.82 Å². The van der Waals surface area contributed by atoms with Crippen molar-refractivity contribution in [1.82, 2.24) is 5.16 Å². The smallest absolute Gasteiger partial charge is 0.172 e. The van der Waals surface area contributed by atoms with Gasteiger partial charge < -0.3 is 15.0 Å². The number of nitrogens with zero attached hydrogens (tertiary/aromatic N) is 1. The zero-order valence-corrected chi connectivity index (χ0v) is 12.2. The lowest BCUT2D eigenvalue weighted by Gasteiger charge is -2.21. The molecule has 0 spiro atoms. The van der Waals surface area contributed by atoms with Gasteiger partial charge in [-0.1, -0.05) is 37.5 Å². The van der Waals surface area contributed by atoms with E-state index < -0.39 is 0 Å². The topological polar surface area (TPSA) is 61.3 Å². The largest absolute Gasteiger partial charge is 0.494 e. The third-order valence-corrected chi connectivity index (χ3v) is 3.19. The van der Waals surface area contributed by atoms with Crippen molar-refractivity contribution in [2.75, 3.05) is 12.8 Å². The molecule has 102 valence electrons. The fourth-order valence-electron chi connectivity index (χ4n) is 1.83. The van der Waals surface area contributed by atoms with Crippen LogP contribution in [0, 0.1) is 0 Å². The summed E-state index contributed by atoms with van der Waals surface area (Å²) in [5, 5.41) is 4.24. The maximum absolute atomic E-state index is 6.28. The zero-order chi connectivity index (χ0) is 14.2. The molecule has 2 aromatic rings. The Kier molecular flexibility index (Phi) is 3.45. The van der Waals surface area contributed by atoms with E-state index in [2.05, 4.69) is 25.9 Å². The number of methoxy groups -OCH3 is 1. The molecule has 0 radical (unpaired) electrons. The predicted molar refractivity (Wildman–Crippen MR) is 76.6 cm³/mol. The molecule has 4 nitrogen and oxygen atoms in total. The van der Waals surface area contributed by atoms with Crippen LogP contribution in [-0.4, -0.2) is 12.3 Å². The summed E-state index contributed by atoms with van der Waals surface area (Å²) in [6.45, 7) is 6.34. The maximum atomic E-state index is 6.28. The van der Waals surface area contributed by atoms with E-state index in [0.29, 0.717) is 22.4 Å². The standard InChI is InChI=1S/C14H17ClN2O2/c1-14(2,3)8-5-9(11-7-12(16)17-19-11)13(18-4)10(15)6-8/h5-7H,1-4H3,(H2,16,17). The van der Waals surface area contributed by atoms with Crippen LogP contribution < -0.4 is 10.5 Å². The lowest BCUT2D eigenvalue weighted by molar-refractivity contribution is 0.406. The molecule has 0 atom stereocenters. The third kappa shape index (κ3) is 2.68. The second-order valence-corrected chi connectivity index (χ2v) is 5.81. The summed E-state index contributed by atoms with van der Waals surface area (Å²) in [6, 6.07) is 5.55. The van der Waals surface area contributed by atoms with Crippen LogP contribution in [0.15, 0.2) is 22.7 Å². The van der Waals surface area contributed by atoms with E-state index in [-0.39, 0.29) is 5.41 Å². The van der Waals surface area contributed by atoms with Crippen molar-refractivity contribution in [3.8, 4) is 17.1 Å². The zero-order valence-electron chi connectivity index (χ0n) is 11.5. The molecule has 0 amide bonds. The lowest BCUT2D eigenvalue weighted by atomic mass is 9.85. The van der Waals surface area contributed by atoms with Gasteiger partial charge in [0.15, 0.2) is 11.6 Å². The van der Waals surface area contributed by atoms with Crippen molar-refractivity contribution in [2.45, 2.75) is 26.2 Å². The monoisotopic (exact) mass is 280 g/mol. The van der Waals surface area contributed by atoms with Crippen LogP contribution in [0.1, 0.15) is 26.3 Å². The molecule has 0 aliphatic heterocycles. The first-order valence-corrected chi connectivity index (χ1v) is 6.31. The van der Waals surface area contributed by atoms with Crippen LogP contribution in [0.3, 0.4) is 0 Å². The molecular formula is C14H17ClN2O2. The van der Waals surface area contributed by atoms with Crippen LogP contribution in [0.5, 0.6) is 5.75 Å². The molecule has 0 aliphatic carbocycles. The SMILES string of the molecule is COc1c(Cl)cc(C(C)(C)C)cc1-c1cc(N)no1. The highest BCUT2D eigenvalue weighted by Crippen LogP contribution is 2.40. The Morgan fingerprint density at radius 2 is 1.95 bits per heavy atom. The molecule has 0 saturated heterocycles. The molecule has 0 bridgehead atoms. The average Bonchev–Trinajstić information content (AvgIpc) is 2.73. The molecule has 2 N–H and O–H groups in total. The quantitative estimate of drug-likeness (QED) is 0.907. The van der Waals surface area contributed by atoms with Gasteiger partial charge in [0.25, 0.3) is 0 Å². The van der Waals surface area contributed by atoms with Gasteiger partial charge in [0.05, 0.1) is 17.7 Å². The first kappa shape index (κ1) is 13.7. The highest BCUT2D eigenvalue weighted by molar-refractivity contribution is 6.32. The fourth-order valence-corrected chi connectivity index (χ4v) is 2.13. The molecule has 1 aromatic carbocycles. The number of nitrogen functional groups attached to an aromatic ring is 1. The Labute approximate surface area is 117 Å². The van der Waals surface area contributed by atoms with Gasteiger partial charge in [-0.3, -0.25) is 0 Å². The number of aromatic nitrogens is 1. The van der Waals surface area contributed by atoms with E-state index in [1.165, 1.54) is 0 Å². The first-order chi connectivity index (χ1) is 8.82. The van der Waals surface area contributed by atoms with E-state index in [0.717, 1.165) is 11.1 Å². The molecule has 0 aliphatic rings. The van der Waals surface area contributed by atoms with E-state index in [4.69, 9.17) is 26.6 Å². The number of hydrogen-bond acceptors (Lipinski definition) is 4. The van der Waals surface area contributed by atoms with Crippen molar-refractivity contribution in [3.05, 3.63) is 28.8 Å². The molecule has 1 heterocycles. The van der Waals surface area contributed by atoms with Crippen molar-refractivity contribution in [2.24, 2.45) is 0 Å². The van der Waals surface area contributed by atoms with Crippen LogP contribution in [0.25, 0.3) is 11.3 Å². The van der Waals surface area contributed by atoms with Gasteiger partial charge in [0.1, 0.15) is 5.75 Å². The highest BCUT2D eigenvalue weighted by atomic mass is 35.5. The Hall–Kier alpha value is -1.68.